The molecule has 84 valence electrons. The highest BCUT2D eigenvalue weighted by Gasteiger charge is 2.33. The molecule has 1 saturated carbocycles. The van der Waals surface area contributed by atoms with Crippen LogP contribution >= 0.6 is 0 Å². The molecule has 1 aromatic rings. The molecule has 2 fully saturated rings. The molecule has 1 aromatic heterocycles. The fourth-order valence-electron chi connectivity index (χ4n) is 2.01. The van der Waals surface area contributed by atoms with Crippen LogP contribution in [0.2, 0.25) is 0 Å². The van der Waals surface area contributed by atoms with Crippen LogP contribution in [0, 0.1) is 5.92 Å². The van der Waals surface area contributed by atoms with E-state index in [-0.39, 0.29) is 11.8 Å². The minimum atomic E-state index is 0.0891. The first-order valence-electron chi connectivity index (χ1n) is 5.63. The number of carbonyl (C=O) groups is 1. The number of nitrogens with one attached hydrogen (secondary N) is 1. The standard InChI is InChI=1S/C11H14N4O/c1-2-7-5-9(16)15(6-7)11-12-10(13-14-11)8-3-4-8/h2,7-8H,1,3-6H2,(H,12,13,14). The van der Waals surface area contributed by atoms with Crippen molar-refractivity contribution in [2.45, 2.75) is 25.2 Å². The zero-order chi connectivity index (χ0) is 11.1. The summed E-state index contributed by atoms with van der Waals surface area (Å²) in [4.78, 5) is 17.7. The Morgan fingerprint density at radius 1 is 1.50 bits per heavy atom. The highest BCUT2D eigenvalue weighted by atomic mass is 16.2. The van der Waals surface area contributed by atoms with Crippen LogP contribution in [0.3, 0.4) is 0 Å². The molecule has 0 aromatic carbocycles. The zero-order valence-electron chi connectivity index (χ0n) is 9.02. The van der Waals surface area contributed by atoms with Gasteiger partial charge >= 0.3 is 0 Å². The predicted molar refractivity (Wildman–Crippen MR) is 59.0 cm³/mol. The molecule has 1 N–H and O–H groups in total. The minimum absolute atomic E-state index is 0.0891. The SMILES string of the molecule is C=CC1CC(=O)N(c2n[nH]c(C3CC3)n2)C1. The largest absolute Gasteiger partial charge is 0.279 e. The second-order valence-corrected chi connectivity index (χ2v) is 4.50. The summed E-state index contributed by atoms with van der Waals surface area (Å²) in [5, 5.41) is 7.03. The van der Waals surface area contributed by atoms with Gasteiger partial charge in [0, 0.05) is 24.8 Å². The molecule has 1 aliphatic heterocycles. The number of hydrogen-bond acceptors (Lipinski definition) is 3. The maximum atomic E-state index is 11.7. The van der Waals surface area contributed by atoms with Crippen LogP contribution < -0.4 is 4.90 Å². The van der Waals surface area contributed by atoms with Gasteiger partial charge in [-0.05, 0) is 12.8 Å². The lowest BCUT2D eigenvalue weighted by Gasteiger charge is -2.09. The van der Waals surface area contributed by atoms with Crippen molar-refractivity contribution in [2.75, 3.05) is 11.4 Å². The number of amides is 1. The van der Waals surface area contributed by atoms with Crippen LogP contribution in [-0.4, -0.2) is 27.6 Å². The molecule has 0 radical (unpaired) electrons. The molecular formula is C11H14N4O. The Morgan fingerprint density at radius 3 is 2.94 bits per heavy atom. The van der Waals surface area contributed by atoms with Crippen LogP contribution in [0.15, 0.2) is 12.7 Å². The Morgan fingerprint density at radius 2 is 2.31 bits per heavy atom. The van der Waals surface area contributed by atoms with E-state index in [0.717, 1.165) is 5.82 Å². The topological polar surface area (TPSA) is 61.9 Å². The first-order valence-corrected chi connectivity index (χ1v) is 5.63. The molecule has 0 spiro atoms. The highest BCUT2D eigenvalue weighted by Crippen LogP contribution is 2.38. The van der Waals surface area contributed by atoms with Gasteiger partial charge in [0.2, 0.25) is 5.91 Å². The first kappa shape index (κ1) is 9.57. The second kappa shape index (κ2) is 3.43. The quantitative estimate of drug-likeness (QED) is 0.776. The molecule has 1 aliphatic carbocycles. The molecule has 3 rings (SSSR count). The van der Waals surface area contributed by atoms with Gasteiger partial charge in [0.15, 0.2) is 0 Å². The number of aromatic nitrogens is 3. The maximum absolute atomic E-state index is 11.7. The maximum Gasteiger partial charge on any atom is 0.251 e. The van der Waals surface area contributed by atoms with Gasteiger partial charge in [0.1, 0.15) is 5.82 Å². The normalized spacial score (nSPS) is 25.1. The summed E-state index contributed by atoms with van der Waals surface area (Å²) < 4.78 is 0. The summed E-state index contributed by atoms with van der Waals surface area (Å²) in [5.41, 5.74) is 0. The van der Waals surface area contributed by atoms with E-state index in [9.17, 15) is 4.79 Å². The van der Waals surface area contributed by atoms with Crippen LogP contribution in [0.1, 0.15) is 31.0 Å². The Kier molecular flexibility index (Phi) is 2.05. The van der Waals surface area contributed by atoms with Crippen molar-refractivity contribution < 1.29 is 4.79 Å². The number of nitrogens with zero attached hydrogens (tertiary/aromatic N) is 3. The van der Waals surface area contributed by atoms with E-state index in [1.165, 1.54) is 12.8 Å². The molecule has 1 amide bonds. The molecule has 5 heteroatoms. The molecule has 2 heterocycles. The van der Waals surface area contributed by atoms with Crippen molar-refractivity contribution in [3.63, 3.8) is 0 Å². The van der Waals surface area contributed by atoms with Gasteiger partial charge in [0.05, 0.1) is 0 Å². The third-order valence-corrected chi connectivity index (χ3v) is 3.18. The Balaban J connectivity index is 1.80. The van der Waals surface area contributed by atoms with Crippen molar-refractivity contribution >= 4 is 11.9 Å². The summed E-state index contributed by atoms with van der Waals surface area (Å²) in [5.74, 6) is 2.30. The van der Waals surface area contributed by atoms with E-state index >= 15 is 0 Å². The van der Waals surface area contributed by atoms with Crippen LogP contribution in [0.4, 0.5) is 5.95 Å². The van der Waals surface area contributed by atoms with Gasteiger partial charge < -0.3 is 0 Å². The number of aromatic amines is 1. The highest BCUT2D eigenvalue weighted by molar-refractivity contribution is 5.94. The van der Waals surface area contributed by atoms with E-state index in [4.69, 9.17) is 0 Å². The third kappa shape index (κ3) is 1.52. The Labute approximate surface area is 93.6 Å². The van der Waals surface area contributed by atoms with E-state index in [0.29, 0.717) is 24.8 Å². The van der Waals surface area contributed by atoms with Crippen LogP contribution in [-0.2, 0) is 4.79 Å². The van der Waals surface area contributed by atoms with E-state index < -0.39 is 0 Å². The zero-order valence-corrected chi connectivity index (χ0v) is 9.02. The minimum Gasteiger partial charge on any atom is -0.279 e. The van der Waals surface area contributed by atoms with Crippen molar-refractivity contribution in [2.24, 2.45) is 5.92 Å². The van der Waals surface area contributed by atoms with E-state index in [1.807, 2.05) is 6.08 Å². The summed E-state index contributed by atoms with van der Waals surface area (Å²) >= 11 is 0. The second-order valence-electron chi connectivity index (χ2n) is 4.50. The third-order valence-electron chi connectivity index (χ3n) is 3.18. The molecule has 1 unspecified atom stereocenters. The smallest absolute Gasteiger partial charge is 0.251 e. The average Bonchev–Trinajstić information content (AvgIpc) is 2.89. The molecule has 0 bridgehead atoms. The summed E-state index contributed by atoms with van der Waals surface area (Å²) in [6.07, 6.45) is 4.71. The first-order chi connectivity index (χ1) is 7.78. The van der Waals surface area contributed by atoms with Crippen molar-refractivity contribution in [3.05, 3.63) is 18.5 Å². The number of H-pyrrole nitrogens is 1. The monoisotopic (exact) mass is 218 g/mol. The molecule has 1 saturated heterocycles. The van der Waals surface area contributed by atoms with Crippen molar-refractivity contribution in [1.29, 1.82) is 0 Å². The Hall–Kier alpha value is -1.65. The fourth-order valence-corrected chi connectivity index (χ4v) is 2.01. The average molecular weight is 218 g/mol. The number of carbonyl (C=O) groups excluding carboxylic acids is 1. The number of rotatable bonds is 3. The van der Waals surface area contributed by atoms with Gasteiger partial charge in [-0.2, -0.15) is 4.98 Å². The van der Waals surface area contributed by atoms with Gasteiger partial charge in [-0.15, -0.1) is 11.7 Å². The van der Waals surface area contributed by atoms with E-state index in [1.54, 1.807) is 4.90 Å². The molecule has 2 aliphatic rings. The lowest BCUT2D eigenvalue weighted by molar-refractivity contribution is -0.117. The number of anilines is 1. The van der Waals surface area contributed by atoms with Crippen LogP contribution in [0.5, 0.6) is 0 Å². The van der Waals surface area contributed by atoms with E-state index in [2.05, 4.69) is 21.8 Å². The van der Waals surface area contributed by atoms with Gasteiger partial charge in [-0.1, -0.05) is 6.08 Å². The molecule has 16 heavy (non-hydrogen) atoms. The Bertz CT molecular complexity index is 435. The van der Waals surface area contributed by atoms with Crippen molar-refractivity contribution in [1.82, 2.24) is 15.2 Å². The summed E-state index contributed by atoms with van der Waals surface area (Å²) in [6, 6.07) is 0. The van der Waals surface area contributed by atoms with Crippen molar-refractivity contribution in [3.8, 4) is 0 Å². The van der Waals surface area contributed by atoms with Gasteiger partial charge in [0.25, 0.3) is 5.95 Å². The van der Waals surface area contributed by atoms with Crippen LogP contribution in [0.25, 0.3) is 0 Å². The van der Waals surface area contributed by atoms with Gasteiger partial charge in [-0.25, -0.2) is 0 Å². The lowest BCUT2D eigenvalue weighted by atomic mass is 10.1. The molecule has 1 atom stereocenters. The lowest BCUT2D eigenvalue weighted by Crippen LogP contribution is -2.25. The number of hydrogen-bond donors (Lipinski definition) is 1. The molecular weight excluding hydrogens is 204 g/mol. The summed E-state index contributed by atoms with van der Waals surface area (Å²) in [7, 11) is 0. The van der Waals surface area contributed by atoms with Gasteiger partial charge in [-0.3, -0.25) is 14.8 Å². The predicted octanol–water partition coefficient (Wildman–Crippen LogP) is 1.22. The summed E-state index contributed by atoms with van der Waals surface area (Å²) in [6.45, 7) is 4.38. The fraction of sp³-hybridized carbons (Fsp3) is 0.545. The molecule has 5 nitrogen and oxygen atoms in total.